The highest BCUT2D eigenvalue weighted by Crippen LogP contribution is 2.11. The summed E-state index contributed by atoms with van der Waals surface area (Å²) in [7, 11) is 1.99. The van der Waals surface area contributed by atoms with E-state index in [1.807, 2.05) is 7.05 Å². The molecule has 0 amide bonds. The maximum Gasteiger partial charge on any atom is 0.0356 e. The Balaban J connectivity index is 2.52. The topological polar surface area (TPSA) is 17.0 Å². The van der Waals surface area contributed by atoms with Gasteiger partial charge in [-0.25, -0.2) is 0 Å². The molecule has 14 heavy (non-hydrogen) atoms. The summed E-state index contributed by atoms with van der Waals surface area (Å²) in [5, 5.41) is 3.19. The van der Waals surface area contributed by atoms with Crippen LogP contribution in [-0.4, -0.2) is 11.6 Å². The quantitative estimate of drug-likeness (QED) is 0.736. The third-order valence-electron chi connectivity index (χ3n) is 2.57. The first-order chi connectivity index (χ1) is 6.77. The second-order valence-electron chi connectivity index (χ2n) is 4.08. The van der Waals surface area contributed by atoms with E-state index in [9.17, 15) is 0 Å². The molecule has 0 spiro atoms. The standard InChI is InChI=1S/C12H22N2/c1-4-6-11(2)10-14-8-5-7-12(14)9-13-3/h5,7-8,11,13H,4,6,9-10H2,1-3H3. The van der Waals surface area contributed by atoms with Crippen molar-refractivity contribution in [2.24, 2.45) is 5.92 Å². The summed E-state index contributed by atoms with van der Waals surface area (Å²) in [6, 6.07) is 4.32. The van der Waals surface area contributed by atoms with Crippen LogP contribution in [0.3, 0.4) is 0 Å². The van der Waals surface area contributed by atoms with Gasteiger partial charge < -0.3 is 9.88 Å². The van der Waals surface area contributed by atoms with Crippen LogP contribution in [0.25, 0.3) is 0 Å². The van der Waals surface area contributed by atoms with Crippen molar-refractivity contribution in [1.29, 1.82) is 0 Å². The molecule has 0 bridgehead atoms. The highest BCUT2D eigenvalue weighted by Gasteiger charge is 2.04. The molecule has 0 fully saturated rings. The molecule has 2 heteroatoms. The van der Waals surface area contributed by atoms with E-state index in [1.165, 1.54) is 18.5 Å². The number of hydrogen-bond acceptors (Lipinski definition) is 1. The first-order valence-electron chi connectivity index (χ1n) is 5.56. The van der Waals surface area contributed by atoms with Gasteiger partial charge >= 0.3 is 0 Å². The van der Waals surface area contributed by atoms with E-state index >= 15 is 0 Å². The van der Waals surface area contributed by atoms with Crippen molar-refractivity contribution in [3.05, 3.63) is 24.0 Å². The van der Waals surface area contributed by atoms with E-state index in [4.69, 9.17) is 0 Å². The van der Waals surface area contributed by atoms with Crippen molar-refractivity contribution in [3.8, 4) is 0 Å². The number of nitrogens with zero attached hydrogens (tertiary/aromatic N) is 1. The average Bonchev–Trinajstić information content (AvgIpc) is 2.54. The zero-order valence-corrected chi connectivity index (χ0v) is 9.59. The van der Waals surface area contributed by atoms with Gasteiger partial charge in [-0.1, -0.05) is 20.3 Å². The molecular formula is C12H22N2. The molecule has 0 radical (unpaired) electrons. The van der Waals surface area contributed by atoms with Gasteiger partial charge in [0.05, 0.1) is 0 Å². The maximum absolute atomic E-state index is 3.19. The first kappa shape index (κ1) is 11.3. The summed E-state index contributed by atoms with van der Waals surface area (Å²) in [5.74, 6) is 0.781. The fourth-order valence-electron chi connectivity index (χ4n) is 1.89. The van der Waals surface area contributed by atoms with Gasteiger partial charge in [-0.05, 0) is 31.5 Å². The predicted molar refractivity (Wildman–Crippen MR) is 61.3 cm³/mol. The first-order valence-corrected chi connectivity index (χ1v) is 5.56. The Hall–Kier alpha value is -0.760. The second kappa shape index (κ2) is 5.86. The zero-order chi connectivity index (χ0) is 10.4. The molecular weight excluding hydrogens is 172 g/mol. The highest BCUT2D eigenvalue weighted by atomic mass is 15.0. The van der Waals surface area contributed by atoms with Crippen LogP contribution in [0, 0.1) is 5.92 Å². The lowest BCUT2D eigenvalue weighted by atomic mass is 10.1. The smallest absolute Gasteiger partial charge is 0.0356 e. The van der Waals surface area contributed by atoms with Crippen molar-refractivity contribution in [2.45, 2.75) is 39.8 Å². The van der Waals surface area contributed by atoms with Crippen LogP contribution in [0.15, 0.2) is 18.3 Å². The fourth-order valence-corrected chi connectivity index (χ4v) is 1.89. The van der Waals surface area contributed by atoms with Crippen LogP contribution in [-0.2, 0) is 13.1 Å². The van der Waals surface area contributed by atoms with Gasteiger partial charge in [0.15, 0.2) is 0 Å². The molecule has 80 valence electrons. The monoisotopic (exact) mass is 194 g/mol. The summed E-state index contributed by atoms with van der Waals surface area (Å²) in [5.41, 5.74) is 1.38. The van der Waals surface area contributed by atoms with E-state index in [2.05, 4.69) is 42.1 Å². The van der Waals surface area contributed by atoms with Gasteiger partial charge in [0, 0.05) is 25.0 Å². The van der Waals surface area contributed by atoms with Gasteiger partial charge in [0.2, 0.25) is 0 Å². The normalized spacial score (nSPS) is 13.1. The lowest BCUT2D eigenvalue weighted by Crippen LogP contribution is -2.14. The zero-order valence-electron chi connectivity index (χ0n) is 9.59. The number of nitrogens with one attached hydrogen (secondary N) is 1. The predicted octanol–water partition coefficient (Wildman–Crippen LogP) is 2.64. The van der Waals surface area contributed by atoms with E-state index in [-0.39, 0.29) is 0 Å². The lowest BCUT2D eigenvalue weighted by molar-refractivity contribution is 0.437. The number of hydrogen-bond donors (Lipinski definition) is 1. The summed E-state index contributed by atoms with van der Waals surface area (Å²) < 4.78 is 2.36. The minimum atomic E-state index is 0.781. The molecule has 1 unspecified atom stereocenters. The average molecular weight is 194 g/mol. The molecule has 0 aliphatic carbocycles. The molecule has 1 atom stereocenters. The van der Waals surface area contributed by atoms with Gasteiger partial charge in [-0.3, -0.25) is 0 Å². The maximum atomic E-state index is 3.19. The van der Waals surface area contributed by atoms with Crippen LogP contribution in [0.5, 0.6) is 0 Å². The summed E-state index contributed by atoms with van der Waals surface area (Å²) >= 11 is 0. The number of aromatic nitrogens is 1. The van der Waals surface area contributed by atoms with Gasteiger partial charge in [-0.15, -0.1) is 0 Å². The molecule has 1 rings (SSSR count). The van der Waals surface area contributed by atoms with Crippen molar-refractivity contribution in [3.63, 3.8) is 0 Å². The summed E-state index contributed by atoms with van der Waals surface area (Å²) in [4.78, 5) is 0. The molecule has 1 aromatic heterocycles. The minimum absolute atomic E-state index is 0.781. The molecule has 0 aliphatic rings. The van der Waals surface area contributed by atoms with E-state index in [0.717, 1.165) is 19.0 Å². The van der Waals surface area contributed by atoms with Crippen LogP contribution in [0.4, 0.5) is 0 Å². The van der Waals surface area contributed by atoms with Crippen molar-refractivity contribution in [2.75, 3.05) is 7.05 Å². The molecule has 0 saturated heterocycles. The summed E-state index contributed by atoms with van der Waals surface area (Å²) in [6.07, 6.45) is 4.78. The Morgan fingerprint density at radius 2 is 2.29 bits per heavy atom. The fraction of sp³-hybridized carbons (Fsp3) is 0.667. The lowest BCUT2D eigenvalue weighted by Gasteiger charge is -2.14. The molecule has 1 heterocycles. The Bertz CT molecular complexity index is 253. The van der Waals surface area contributed by atoms with Crippen LogP contribution in [0.1, 0.15) is 32.4 Å². The third kappa shape index (κ3) is 3.18. The largest absolute Gasteiger partial charge is 0.350 e. The second-order valence-corrected chi connectivity index (χ2v) is 4.08. The number of rotatable bonds is 6. The van der Waals surface area contributed by atoms with Gasteiger partial charge in [0.1, 0.15) is 0 Å². The van der Waals surface area contributed by atoms with Crippen LogP contribution in [0.2, 0.25) is 0 Å². The van der Waals surface area contributed by atoms with Crippen molar-refractivity contribution >= 4 is 0 Å². The van der Waals surface area contributed by atoms with Crippen LogP contribution < -0.4 is 5.32 Å². The Morgan fingerprint density at radius 3 is 2.93 bits per heavy atom. The van der Waals surface area contributed by atoms with Crippen molar-refractivity contribution in [1.82, 2.24) is 9.88 Å². The summed E-state index contributed by atoms with van der Waals surface area (Å²) in [6.45, 7) is 6.69. The van der Waals surface area contributed by atoms with E-state index in [0.29, 0.717) is 0 Å². The van der Waals surface area contributed by atoms with Gasteiger partial charge in [0.25, 0.3) is 0 Å². The molecule has 2 nitrogen and oxygen atoms in total. The SMILES string of the molecule is CCCC(C)Cn1cccc1CNC. The molecule has 1 N–H and O–H groups in total. The van der Waals surface area contributed by atoms with Gasteiger partial charge in [-0.2, -0.15) is 0 Å². The Kier molecular flexibility index (Phi) is 4.74. The van der Waals surface area contributed by atoms with Crippen molar-refractivity contribution < 1.29 is 0 Å². The molecule has 0 aliphatic heterocycles. The Labute approximate surface area is 87.3 Å². The highest BCUT2D eigenvalue weighted by molar-refractivity contribution is 5.06. The van der Waals surface area contributed by atoms with Crippen LogP contribution >= 0.6 is 0 Å². The van der Waals surface area contributed by atoms with E-state index in [1.54, 1.807) is 0 Å². The minimum Gasteiger partial charge on any atom is -0.350 e. The Morgan fingerprint density at radius 1 is 1.50 bits per heavy atom. The molecule has 1 aromatic rings. The van der Waals surface area contributed by atoms with E-state index < -0.39 is 0 Å². The third-order valence-corrected chi connectivity index (χ3v) is 2.57. The molecule has 0 aromatic carbocycles. The molecule has 0 saturated carbocycles.